The van der Waals surface area contributed by atoms with Crippen molar-refractivity contribution in [2.45, 2.75) is 104 Å². The molecule has 2 saturated carbocycles. The van der Waals surface area contributed by atoms with Crippen molar-refractivity contribution in [1.29, 1.82) is 0 Å². The van der Waals surface area contributed by atoms with E-state index in [2.05, 4.69) is 121 Å². The number of hydrogen-bond donors (Lipinski definition) is 0. The molecule has 0 radical (unpaired) electrons. The molecule has 0 bridgehead atoms. The number of halogens is 2. The van der Waals surface area contributed by atoms with E-state index in [1.54, 1.807) is 0 Å². The molecule has 1 heterocycles. The summed E-state index contributed by atoms with van der Waals surface area (Å²) in [5.41, 5.74) is 5.60. The summed E-state index contributed by atoms with van der Waals surface area (Å²) in [5, 5.41) is 0. The van der Waals surface area contributed by atoms with Gasteiger partial charge in [-0.25, -0.2) is 0 Å². The number of aromatic nitrogens is 2. The summed E-state index contributed by atoms with van der Waals surface area (Å²) in [4.78, 5) is 0. The topological polar surface area (TPSA) is 13.1 Å². The quantitative estimate of drug-likeness (QED) is 0.223. The van der Waals surface area contributed by atoms with Crippen LogP contribution in [0.1, 0.15) is 98.7 Å². The van der Waals surface area contributed by atoms with Gasteiger partial charge in [0.15, 0.2) is 0 Å². The molecule has 1 aromatic carbocycles. The van der Waals surface area contributed by atoms with Gasteiger partial charge in [-0.2, -0.15) is 1.33 Å². The monoisotopic (exact) mass is 828 g/mol. The van der Waals surface area contributed by atoms with Gasteiger partial charge >= 0.3 is 127 Å². The first-order chi connectivity index (χ1) is 14.9. The molecule has 0 saturated heterocycles. The van der Waals surface area contributed by atoms with E-state index in [4.69, 9.17) is 0 Å². The Bertz CT molecular complexity index is 891. The van der Waals surface area contributed by atoms with Crippen molar-refractivity contribution < 1.29 is 19.4 Å². The van der Waals surface area contributed by atoms with Crippen molar-refractivity contribution in [3.63, 3.8) is 0 Å². The van der Waals surface area contributed by atoms with Crippen molar-refractivity contribution in [3.8, 4) is 0 Å². The van der Waals surface area contributed by atoms with Crippen LogP contribution in [0.5, 0.6) is 0 Å². The number of rotatable bonds is 4. The molecular weight excluding hydrogens is 791 g/mol. The maximum absolute atomic E-state index is 2.63. The fourth-order valence-electron chi connectivity index (χ4n) is 4.98. The molecule has 0 unspecified atom stereocenters. The van der Waals surface area contributed by atoms with Crippen LogP contribution >= 0.6 is 45.7 Å². The first-order valence-corrected chi connectivity index (χ1v) is 14.8. The minimum atomic E-state index is 0.768. The molecule has 1 aromatic heterocycles. The zero-order valence-electron chi connectivity index (χ0n) is 19.2. The molecule has 2 fully saturated rings. The van der Waals surface area contributed by atoms with Crippen LogP contribution in [0.25, 0.3) is 0 Å². The van der Waals surface area contributed by atoms with Gasteiger partial charge in [-0.3, -0.25) is 0 Å². The average molecular weight is 828 g/mol. The van der Waals surface area contributed by atoms with Crippen molar-refractivity contribution in [1.82, 2.24) is 10.5 Å². The molecule has 2 aliphatic carbocycles. The Balaban J connectivity index is 0.000000196. The second-order valence-corrected chi connectivity index (χ2v) is 14.4. The molecule has 0 spiro atoms. The second-order valence-electron chi connectivity index (χ2n) is 9.25. The molecule has 0 N–H and O–H groups in total. The van der Waals surface area contributed by atoms with Crippen LogP contribution in [0.3, 0.4) is 0 Å². The van der Waals surface area contributed by atoms with Crippen LogP contribution in [0.15, 0.2) is 24.4 Å². The average Bonchev–Trinajstić information content (AvgIpc) is 3.06. The Hall–Kier alpha value is 0.538. The van der Waals surface area contributed by atoms with Gasteiger partial charge in [-0.05, 0) is 30.5 Å². The van der Waals surface area contributed by atoms with Crippen LogP contribution in [-0.4, -0.2) is 10.5 Å². The Morgan fingerprint density at radius 3 is 2.00 bits per heavy atom. The molecular formula is C25H37I2N3Pt. The number of imidazole rings is 1. The zero-order valence-corrected chi connectivity index (χ0v) is 25.7. The summed E-state index contributed by atoms with van der Waals surface area (Å²) >= 11 is 7.15. The summed E-state index contributed by atoms with van der Waals surface area (Å²) in [6, 6.07) is 8.16. The van der Waals surface area contributed by atoms with Gasteiger partial charge in [-0.15, -0.1) is 0 Å². The fraction of sp³-hybridized carbons (Fsp3) is 0.640. The SMILES string of the molecule is Cc1ccc(CN(I)I)cc1C.Cc1cn(C2CCCCC2)[c](=[Pt])n1C1CCCCC1. The molecule has 0 amide bonds. The van der Waals surface area contributed by atoms with Gasteiger partial charge < -0.3 is 0 Å². The first-order valence-electron chi connectivity index (χ1n) is 11.8. The summed E-state index contributed by atoms with van der Waals surface area (Å²) in [6.07, 6.45) is 16.5. The van der Waals surface area contributed by atoms with Crippen molar-refractivity contribution in [2.75, 3.05) is 0 Å². The fourth-order valence-corrected chi connectivity index (χ4v) is 7.15. The Labute approximate surface area is 227 Å². The molecule has 176 valence electrons. The summed E-state index contributed by atoms with van der Waals surface area (Å²) in [5.74, 6) is 0. The van der Waals surface area contributed by atoms with E-state index < -0.39 is 0 Å². The van der Waals surface area contributed by atoms with Gasteiger partial charge in [0.25, 0.3) is 0 Å². The molecule has 31 heavy (non-hydrogen) atoms. The normalized spacial score (nSPS) is 18.2. The van der Waals surface area contributed by atoms with E-state index in [0.717, 1.165) is 18.6 Å². The van der Waals surface area contributed by atoms with Crippen LogP contribution < -0.4 is 0 Å². The van der Waals surface area contributed by atoms with E-state index >= 15 is 0 Å². The van der Waals surface area contributed by atoms with Crippen LogP contribution in [-0.2, 0) is 25.9 Å². The second kappa shape index (κ2) is 12.8. The Kier molecular flexibility index (Phi) is 10.8. The van der Waals surface area contributed by atoms with Gasteiger partial charge in [0.2, 0.25) is 0 Å². The minimum absolute atomic E-state index is 0.768. The Morgan fingerprint density at radius 1 is 0.871 bits per heavy atom. The van der Waals surface area contributed by atoms with Gasteiger partial charge in [0.1, 0.15) is 0 Å². The van der Waals surface area contributed by atoms with Crippen LogP contribution in [0.4, 0.5) is 0 Å². The van der Waals surface area contributed by atoms with E-state index in [-0.39, 0.29) is 0 Å². The molecule has 2 aliphatic rings. The summed E-state index contributed by atoms with van der Waals surface area (Å²) in [7, 11) is 0. The Morgan fingerprint density at radius 2 is 1.45 bits per heavy atom. The molecule has 0 atom stereocenters. The van der Waals surface area contributed by atoms with Crippen LogP contribution in [0.2, 0.25) is 0 Å². The van der Waals surface area contributed by atoms with Gasteiger partial charge in [-0.1, -0.05) is 18.2 Å². The summed E-state index contributed by atoms with van der Waals surface area (Å²) < 4.78 is 8.83. The maximum atomic E-state index is 2.63. The number of hydrogen-bond acceptors (Lipinski definition) is 1. The van der Waals surface area contributed by atoms with Crippen LogP contribution in [0, 0.1) is 24.6 Å². The van der Waals surface area contributed by atoms with E-state index in [0.29, 0.717) is 0 Å². The molecule has 4 rings (SSSR count). The standard InChI is InChI=1S/C16H26N2.C9H11I2N.Pt/c1-14-12-17(15-8-4-2-5-9-15)13-18(14)16-10-6-3-7-11-16;1-7-3-4-9(5-8(7)2)6-12(10)11;/h12,15-16H,2-11H2,1H3;3-5H,6H2,1-2H3;. The van der Waals surface area contributed by atoms with E-state index in [9.17, 15) is 0 Å². The molecule has 3 nitrogen and oxygen atoms in total. The predicted octanol–water partition coefficient (Wildman–Crippen LogP) is 8.49. The number of aryl methyl sites for hydroxylation is 3. The number of benzene rings is 1. The zero-order chi connectivity index (χ0) is 22.4. The predicted molar refractivity (Wildman–Crippen MR) is 144 cm³/mol. The van der Waals surface area contributed by atoms with Crippen molar-refractivity contribution in [2.24, 2.45) is 0 Å². The van der Waals surface area contributed by atoms with Gasteiger partial charge in [0, 0.05) is 52.3 Å². The van der Waals surface area contributed by atoms with E-state index in [1.807, 2.05) is 0 Å². The van der Waals surface area contributed by atoms with Crippen molar-refractivity contribution >= 4 is 45.7 Å². The molecule has 6 heteroatoms. The molecule has 0 aliphatic heterocycles. The first kappa shape index (κ1) is 26.1. The molecule has 2 aromatic rings. The van der Waals surface area contributed by atoms with Gasteiger partial charge in [0.05, 0.1) is 0 Å². The number of nitrogens with zero attached hydrogens (tertiary/aromatic N) is 3. The van der Waals surface area contributed by atoms with E-state index in [1.165, 1.54) is 90.4 Å². The third-order valence-corrected chi connectivity index (χ3v) is 8.68. The third-order valence-electron chi connectivity index (χ3n) is 6.87. The summed E-state index contributed by atoms with van der Waals surface area (Å²) in [6.45, 7) is 7.60. The van der Waals surface area contributed by atoms with Crippen molar-refractivity contribution in [3.05, 3.63) is 50.6 Å². The third kappa shape index (κ3) is 7.51.